The molecular weight excluding hydrogens is 350 g/mol. The van der Waals surface area contributed by atoms with Gasteiger partial charge in [0.15, 0.2) is 0 Å². The normalized spacial score (nSPS) is 13.5. The largest absolute Gasteiger partial charge is 0.383 e. The van der Waals surface area contributed by atoms with Crippen molar-refractivity contribution >= 4 is 16.8 Å². The third-order valence-electron chi connectivity index (χ3n) is 4.67. The summed E-state index contributed by atoms with van der Waals surface area (Å²) in [5, 5.41) is 14.2. The van der Waals surface area contributed by atoms with Crippen LogP contribution in [0.15, 0.2) is 48.7 Å². The maximum absolute atomic E-state index is 13.8. The number of amides is 1. The van der Waals surface area contributed by atoms with Crippen LogP contribution in [0.5, 0.6) is 0 Å². The minimum Gasteiger partial charge on any atom is -0.383 e. The third kappa shape index (κ3) is 4.52. The Morgan fingerprint density at radius 3 is 2.78 bits per heavy atom. The van der Waals surface area contributed by atoms with E-state index in [4.69, 9.17) is 0 Å². The molecule has 3 rings (SSSR count). The van der Waals surface area contributed by atoms with Gasteiger partial charge in [0.05, 0.1) is 6.54 Å². The van der Waals surface area contributed by atoms with Crippen molar-refractivity contribution in [1.82, 2.24) is 10.3 Å². The van der Waals surface area contributed by atoms with Crippen LogP contribution in [0.2, 0.25) is 0 Å². The van der Waals surface area contributed by atoms with Crippen molar-refractivity contribution in [3.63, 3.8) is 0 Å². The van der Waals surface area contributed by atoms with Crippen molar-refractivity contribution in [2.45, 2.75) is 31.8 Å². The minimum absolute atomic E-state index is 0.0528. The van der Waals surface area contributed by atoms with Crippen LogP contribution in [-0.2, 0) is 16.8 Å². The Balaban J connectivity index is 1.50. The van der Waals surface area contributed by atoms with Gasteiger partial charge in [-0.05, 0) is 37.5 Å². The number of fused-ring (bicyclic) bond motifs is 1. The quantitative estimate of drug-likeness (QED) is 0.591. The highest BCUT2D eigenvalue weighted by molar-refractivity contribution is 5.83. The number of nitrogens with one attached hydrogen (secondary N) is 2. The van der Waals surface area contributed by atoms with Crippen LogP contribution in [0.25, 0.3) is 10.9 Å². The highest BCUT2D eigenvalue weighted by Crippen LogP contribution is 2.24. The van der Waals surface area contributed by atoms with E-state index in [-0.39, 0.29) is 18.0 Å². The molecule has 2 aromatic carbocycles. The van der Waals surface area contributed by atoms with Gasteiger partial charge in [0.2, 0.25) is 5.91 Å². The Hall–Kier alpha value is -2.73. The number of rotatable bonds is 7. The van der Waals surface area contributed by atoms with Crippen LogP contribution >= 0.6 is 0 Å². The molecule has 1 heterocycles. The number of H-pyrrole nitrogens is 1. The fourth-order valence-corrected chi connectivity index (χ4v) is 3.16. The molecule has 142 valence electrons. The fourth-order valence-electron chi connectivity index (χ4n) is 3.16. The van der Waals surface area contributed by atoms with E-state index in [1.807, 2.05) is 30.5 Å². The van der Waals surface area contributed by atoms with Gasteiger partial charge in [-0.2, -0.15) is 0 Å². The third-order valence-corrected chi connectivity index (χ3v) is 4.67. The number of hydrogen-bond acceptors (Lipinski definition) is 2. The van der Waals surface area contributed by atoms with Crippen molar-refractivity contribution < 1.29 is 18.7 Å². The summed E-state index contributed by atoms with van der Waals surface area (Å²) in [5.74, 6) is -1.78. The van der Waals surface area contributed by atoms with Crippen LogP contribution in [0.4, 0.5) is 8.78 Å². The van der Waals surface area contributed by atoms with Crippen molar-refractivity contribution in [2.75, 3.05) is 6.54 Å². The number of aliphatic hydroxyl groups is 1. The summed E-state index contributed by atoms with van der Waals surface area (Å²) in [6.45, 7) is 1.23. The molecule has 0 radical (unpaired) electrons. The van der Waals surface area contributed by atoms with E-state index in [0.717, 1.165) is 29.0 Å². The van der Waals surface area contributed by atoms with Crippen LogP contribution < -0.4 is 5.32 Å². The summed E-state index contributed by atoms with van der Waals surface area (Å²) in [7, 11) is 0. The molecule has 6 heteroatoms. The molecule has 1 atom stereocenters. The van der Waals surface area contributed by atoms with Crippen LogP contribution in [0.1, 0.15) is 30.9 Å². The van der Waals surface area contributed by atoms with Crippen molar-refractivity contribution in [2.24, 2.45) is 0 Å². The van der Waals surface area contributed by atoms with E-state index in [0.29, 0.717) is 18.9 Å². The molecule has 3 aromatic rings. The number of aryl methyl sites for hydroxylation is 1. The van der Waals surface area contributed by atoms with Gasteiger partial charge in [-0.3, -0.25) is 4.79 Å². The molecule has 3 N–H and O–H groups in total. The van der Waals surface area contributed by atoms with E-state index in [9.17, 15) is 18.7 Å². The summed E-state index contributed by atoms with van der Waals surface area (Å²) < 4.78 is 26.9. The van der Waals surface area contributed by atoms with Gasteiger partial charge in [0.1, 0.15) is 17.2 Å². The van der Waals surface area contributed by atoms with Crippen LogP contribution in [0.3, 0.4) is 0 Å². The molecule has 27 heavy (non-hydrogen) atoms. The molecule has 1 unspecified atom stereocenters. The Morgan fingerprint density at radius 1 is 1.22 bits per heavy atom. The summed E-state index contributed by atoms with van der Waals surface area (Å²) in [4.78, 5) is 15.3. The summed E-state index contributed by atoms with van der Waals surface area (Å²) >= 11 is 0. The molecule has 0 saturated carbocycles. The van der Waals surface area contributed by atoms with Crippen molar-refractivity contribution in [3.8, 4) is 0 Å². The van der Waals surface area contributed by atoms with Crippen LogP contribution in [0, 0.1) is 11.6 Å². The predicted molar refractivity (Wildman–Crippen MR) is 100 cm³/mol. The zero-order chi connectivity index (χ0) is 19.4. The zero-order valence-electron chi connectivity index (χ0n) is 15.1. The topological polar surface area (TPSA) is 65.1 Å². The van der Waals surface area contributed by atoms with Gasteiger partial charge in [-0.15, -0.1) is 0 Å². The number of benzene rings is 2. The predicted octanol–water partition coefficient (Wildman–Crippen LogP) is 3.79. The second-order valence-corrected chi connectivity index (χ2v) is 6.89. The molecular formula is C21H22F2N2O2. The molecule has 0 saturated heterocycles. The minimum atomic E-state index is -1.62. The van der Waals surface area contributed by atoms with Gasteiger partial charge in [-0.25, -0.2) is 8.78 Å². The number of aromatic nitrogens is 1. The molecule has 0 aliphatic heterocycles. The van der Waals surface area contributed by atoms with E-state index in [1.165, 1.54) is 13.0 Å². The number of halogens is 2. The zero-order valence-corrected chi connectivity index (χ0v) is 15.1. The Labute approximate surface area is 156 Å². The average molecular weight is 372 g/mol. The van der Waals surface area contributed by atoms with Crippen molar-refractivity contribution in [3.05, 3.63) is 71.4 Å². The number of aromatic amines is 1. The van der Waals surface area contributed by atoms with E-state index in [2.05, 4.69) is 10.3 Å². The standard InChI is InChI=1S/C21H22F2N2O2/c1-21(27,17-10-9-15(22)11-18(17)23)13-25-20(26)8-4-5-14-12-24-19-7-3-2-6-16(14)19/h2-3,6-7,9-12,24,27H,4-5,8,13H2,1H3,(H,25,26). The van der Waals surface area contributed by atoms with E-state index < -0.39 is 17.2 Å². The Kier molecular flexibility index (Phi) is 5.56. The molecule has 0 spiro atoms. The highest BCUT2D eigenvalue weighted by Gasteiger charge is 2.27. The van der Waals surface area contributed by atoms with Gasteiger partial charge >= 0.3 is 0 Å². The monoisotopic (exact) mass is 372 g/mol. The molecule has 0 fully saturated rings. The van der Waals surface area contributed by atoms with E-state index in [1.54, 1.807) is 0 Å². The Bertz CT molecular complexity index is 950. The lowest BCUT2D eigenvalue weighted by Crippen LogP contribution is -2.39. The van der Waals surface area contributed by atoms with Gasteiger partial charge in [0.25, 0.3) is 0 Å². The first kappa shape index (κ1) is 19.0. The highest BCUT2D eigenvalue weighted by atomic mass is 19.1. The van der Waals surface area contributed by atoms with Crippen molar-refractivity contribution in [1.29, 1.82) is 0 Å². The summed E-state index contributed by atoms with van der Waals surface area (Å²) in [6.07, 6.45) is 3.65. The second kappa shape index (κ2) is 7.88. The number of para-hydroxylation sites is 1. The lowest BCUT2D eigenvalue weighted by Gasteiger charge is -2.24. The molecule has 0 aliphatic rings. The van der Waals surface area contributed by atoms with Gasteiger partial charge < -0.3 is 15.4 Å². The Morgan fingerprint density at radius 2 is 2.00 bits per heavy atom. The smallest absolute Gasteiger partial charge is 0.220 e. The fraction of sp³-hybridized carbons (Fsp3) is 0.286. The molecule has 4 nitrogen and oxygen atoms in total. The molecule has 0 aliphatic carbocycles. The SMILES string of the molecule is CC(O)(CNC(=O)CCCc1c[nH]c2ccccc12)c1ccc(F)cc1F. The first-order valence-corrected chi connectivity index (χ1v) is 8.86. The second-order valence-electron chi connectivity index (χ2n) is 6.89. The maximum Gasteiger partial charge on any atom is 0.220 e. The lowest BCUT2D eigenvalue weighted by atomic mass is 9.95. The van der Waals surface area contributed by atoms with E-state index >= 15 is 0 Å². The lowest BCUT2D eigenvalue weighted by molar-refractivity contribution is -0.122. The maximum atomic E-state index is 13.8. The van der Waals surface area contributed by atoms with Crippen LogP contribution in [-0.4, -0.2) is 22.5 Å². The first-order valence-electron chi connectivity index (χ1n) is 8.86. The summed E-state index contributed by atoms with van der Waals surface area (Å²) in [5.41, 5.74) is 0.542. The number of hydrogen-bond donors (Lipinski definition) is 3. The first-order chi connectivity index (χ1) is 12.9. The molecule has 1 aromatic heterocycles. The molecule has 1 amide bonds. The summed E-state index contributed by atoms with van der Waals surface area (Å²) in [6, 6.07) is 11.0. The molecule has 0 bridgehead atoms. The van der Waals surface area contributed by atoms with Gasteiger partial charge in [0, 0.05) is 35.2 Å². The number of carbonyl (C=O) groups excluding carboxylic acids is 1. The van der Waals surface area contributed by atoms with Gasteiger partial charge in [-0.1, -0.05) is 24.3 Å². The average Bonchev–Trinajstić information content (AvgIpc) is 3.03. The number of carbonyl (C=O) groups is 1.